The number of benzene rings is 2. The standard InChI is InChI=1S/C20H12Cl5N3O6/c1-7(28-18(31)11-12(19(28)32)14(23)16(25)15(24)13(11)22)20(33)34-6-10(29)26-27-17(30)8-2-4-9(21)5-3-8/h2-5,7H,6H2,1H3,(H,26,29)(H,27,30)/t7-/m0/s1. The Morgan fingerprint density at radius 1 is 0.853 bits per heavy atom. The zero-order chi connectivity index (χ0) is 25.3. The average Bonchev–Trinajstić information content (AvgIpc) is 3.08. The number of amides is 4. The molecule has 0 spiro atoms. The van der Waals surface area contributed by atoms with E-state index in [4.69, 9.17) is 62.7 Å². The summed E-state index contributed by atoms with van der Waals surface area (Å²) < 4.78 is 4.85. The molecule has 1 aliphatic rings. The van der Waals surface area contributed by atoms with Gasteiger partial charge in [0.2, 0.25) is 0 Å². The molecule has 2 N–H and O–H groups in total. The van der Waals surface area contributed by atoms with Gasteiger partial charge in [0.15, 0.2) is 6.61 Å². The molecule has 14 heteroatoms. The topological polar surface area (TPSA) is 122 Å². The van der Waals surface area contributed by atoms with E-state index in [1.54, 1.807) is 0 Å². The van der Waals surface area contributed by atoms with E-state index in [0.29, 0.717) is 9.92 Å². The molecule has 3 rings (SSSR count). The molecule has 0 fully saturated rings. The summed E-state index contributed by atoms with van der Waals surface area (Å²) in [7, 11) is 0. The molecule has 1 aliphatic heterocycles. The second-order valence-electron chi connectivity index (χ2n) is 6.78. The molecule has 0 saturated carbocycles. The molecule has 0 saturated heterocycles. The third-order valence-electron chi connectivity index (χ3n) is 4.63. The highest BCUT2D eigenvalue weighted by atomic mass is 35.5. The first-order valence-electron chi connectivity index (χ1n) is 9.20. The molecule has 0 aromatic heterocycles. The van der Waals surface area contributed by atoms with Gasteiger partial charge in [-0.15, -0.1) is 0 Å². The summed E-state index contributed by atoms with van der Waals surface area (Å²) in [4.78, 5) is 62.4. The van der Waals surface area contributed by atoms with Crippen LogP contribution in [0, 0.1) is 0 Å². The number of carbonyl (C=O) groups is 5. The number of imide groups is 1. The molecule has 34 heavy (non-hydrogen) atoms. The van der Waals surface area contributed by atoms with Crippen LogP contribution in [-0.2, 0) is 14.3 Å². The molecule has 4 amide bonds. The summed E-state index contributed by atoms with van der Waals surface area (Å²) in [5.74, 6) is -4.47. The van der Waals surface area contributed by atoms with Crippen molar-refractivity contribution >= 4 is 87.6 Å². The minimum absolute atomic E-state index is 0.220. The van der Waals surface area contributed by atoms with E-state index in [0.717, 1.165) is 0 Å². The third kappa shape index (κ3) is 4.94. The van der Waals surface area contributed by atoms with Gasteiger partial charge in [-0.05, 0) is 31.2 Å². The molecule has 2 aromatic rings. The molecule has 178 valence electrons. The van der Waals surface area contributed by atoms with Crippen molar-refractivity contribution in [2.75, 3.05) is 6.61 Å². The van der Waals surface area contributed by atoms with E-state index < -0.39 is 42.2 Å². The predicted octanol–water partition coefficient (Wildman–Crippen LogP) is 3.94. The summed E-state index contributed by atoms with van der Waals surface area (Å²) in [5, 5.41) is -0.590. The summed E-state index contributed by atoms with van der Waals surface area (Å²) in [6, 6.07) is 4.40. The molecule has 0 radical (unpaired) electrons. The molecule has 1 atom stereocenters. The summed E-state index contributed by atoms with van der Waals surface area (Å²) in [5.41, 5.74) is 3.81. The maximum atomic E-state index is 12.8. The Morgan fingerprint density at radius 2 is 1.35 bits per heavy atom. The number of carbonyl (C=O) groups excluding carboxylic acids is 5. The second kappa shape index (κ2) is 10.4. The lowest BCUT2D eigenvalue weighted by molar-refractivity contribution is -0.152. The maximum absolute atomic E-state index is 12.8. The molecule has 1 heterocycles. The van der Waals surface area contributed by atoms with Gasteiger partial charge >= 0.3 is 5.97 Å². The van der Waals surface area contributed by atoms with Gasteiger partial charge in [-0.1, -0.05) is 58.0 Å². The van der Waals surface area contributed by atoms with Gasteiger partial charge < -0.3 is 4.74 Å². The van der Waals surface area contributed by atoms with Crippen molar-refractivity contribution in [1.29, 1.82) is 0 Å². The highest BCUT2D eigenvalue weighted by Gasteiger charge is 2.45. The van der Waals surface area contributed by atoms with E-state index in [-0.39, 0.29) is 36.8 Å². The largest absolute Gasteiger partial charge is 0.454 e. The quantitative estimate of drug-likeness (QED) is 0.186. The van der Waals surface area contributed by atoms with Crippen LogP contribution in [0.4, 0.5) is 0 Å². The van der Waals surface area contributed by atoms with Crippen molar-refractivity contribution in [1.82, 2.24) is 15.8 Å². The van der Waals surface area contributed by atoms with E-state index >= 15 is 0 Å². The summed E-state index contributed by atoms with van der Waals surface area (Å²) in [6.45, 7) is 0.391. The first-order chi connectivity index (χ1) is 16.0. The Balaban J connectivity index is 1.61. The van der Waals surface area contributed by atoms with Gasteiger partial charge in [-0.3, -0.25) is 34.9 Å². The van der Waals surface area contributed by atoms with Gasteiger partial charge in [0.1, 0.15) is 6.04 Å². The molecule has 2 aromatic carbocycles. The van der Waals surface area contributed by atoms with Crippen LogP contribution in [0.2, 0.25) is 25.1 Å². The summed E-state index contributed by atoms with van der Waals surface area (Å²) in [6.07, 6.45) is 0. The van der Waals surface area contributed by atoms with Crippen LogP contribution >= 0.6 is 58.0 Å². The molecular formula is C20H12Cl5N3O6. The van der Waals surface area contributed by atoms with Crippen LogP contribution in [0.5, 0.6) is 0 Å². The van der Waals surface area contributed by atoms with Crippen LogP contribution in [0.1, 0.15) is 38.0 Å². The van der Waals surface area contributed by atoms with Crippen LogP contribution < -0.4 is 10.9 Å². The first kappa shape index (κ1) is 26.1. The van der Waals surface area contributed by atoms with Crippen molar-refractivity contribution < 1.29 is 28.7 Å². The van der Waals surface area contributed by atoms with Gasteiger partial charge in [-0.2, -0.15) is 0 Å². The Labute approximate surface area is 217 Å². The highest BCUT2D eigenvalue weighted by Crippen LogP contribution is 2.45. The fraction of sp³-hybridized carbons (Fsp3) is 0.150. The van der Waals surface area contributed by atoms with E-state index in [1.807, 2.05) is 0 Å². The number of nitrogens with one attached hydrogen (secondary N) is 2. The third-order valence-corrected chi connectivity index (χ3v) is 6.68. The lowest BCUT2D eigenvalue weighted by Crippen LogP contribution is -2.46. The summed E-state index contributed by atoms with van der Waals surface area (Å²) >= 11 is 29.8. The Hall–Kier alpha value is -2.56. The number of fused-ring (bicyclic) bond motifs is 1. The number of ether oxygens (including phenoxy) is 1. The number of hydrogen-bond donors (Lipinski definition) is 2. The van der Waals surface area contributed by atoms with Gasteiger partial charge in [-0.25, -0.2) is 4.79 Å². The number of hydrazine groups is 1. The van der Waals surface area contributed by atoms with Crippen molar-refractivity contribution in [2.45, 2.75) is 13.0 Å². The SMILES string of the molecule is C[C@@H](C(=O)OCC(=O)NNC(=O)c1ccc(Cl)cc1)N1C(=O)c2c(Cl)c(Cl)c(Cl)c(Cl)c2C1=O. The fourth-order valence-electron chi connectivity index (χ4n) is 2.92. The molecule has 0 aliphatic carbocycles. The van der Waals surface area contributed by atoms with E-state index in [2.05, 4.69) is 10.9 Å². The molecule has 9 nitrogen and oxygen atoms in total. The number of rotatable bonds is 5. The van der Waals surface area contributed by atoms with E-state index in [1.165, 1.54) is 31.2 Å². The number of hydrogen-bond acceptors (Lipinski definition) is 6. The lowest BCUT2D eigenvalue weighted by Gasteiger charge is -2.20. The average molecular weight is 568 g/mol. The number of halogens is 5. The van der Waals surface area contributed by atoms with Crippen LogP contribution in [0.15, 0.2) is 24.3 Å². The van der Waals surface area contributed by atoms with E-state index in [9.17, 15) is 24.0 Å². The Bertz CT molecular complexity index is 1190. The zero-order valence-corrected chi connectivity index (χ0v) is 20.7. The van der Waals surface area contributed by atoms with Gasteiger partial charge in [0.25, 0.3) is 23.6 Å². The van der Waals surface area contributed by atoms with Crippen molar-refractivity contribution in [3.8, 4) is 0 Å². The van der Waals surface area contributed by atoms with Crippen LogP contribution in [-0.4, -0.2) is 47.1 Å². The van der Waals surface area contributed by atoms with Gasteiger partial charge in [0.05, 0.1) is 31.2 Å². The van der Waals surface area contributed by atoms with Crippen LogP contribution in [0.3, 0.4) is 0 Å². The molecular weight excluding hydrogens is 556 g/mol. The minimum atomic E-state index is -1.45. The minimum Gasteiger partial charge on any atom is -0.454 e. The zero-order valence-electron chi connectivity index (χ0n) is 16.9. The smallest absolute Gasteiger partial charge is 0.329 e. The Morgan fingerprint density at radius 3 is 1.85 bits per heavy atom. The first-order valence-corrected chi connectivity index (χ1v) is 11.1. The number of nitrogens with zero attached hydrogens (tertiary/aromatic N) is 1. The Kier molecular flexibility index (Phi) is 7.95. The number of esters is 1. The maximum Gasteiger partial charge on any atom is 0.329 e. The predicted molar refractivity (Wildman–Crippen MR) is 124 cm³/mol. The van der Waals surface area contributed by atoms with Crippen molar-refractivity contribution in [3.05, 3.63) is 66.1 Å². The van der Waals surface area contributed by atoms with Gasteiger partial charge in [0, 0.05) is 10.6 Å². The van der Waals surface area contributed by atoms with Crippen molar-refractivity contribution in [2.24, 2.45) is 0 Å². The monoisotopic (exact) mass is 565 g/mol. The molecule has 0 bridgehead atoms. The van der Waals surface area contributed by atoms with Crippen LogP contribution in [0.25, 0.3) is 0 Å². The highest BCUT2D eigenvalue weighted by molar-refractivity contribution is 6.55. The molecule has 0 unspecified atom stereocenters. The van der Waals surface area contributed by atoms with Crippen molar-refractivity contribution in [3.63, 3.8) is 0 Å². The lowest BCUT2D eigenvalue weighted by atomic mass is 10.1. The fourth-order valence-corrected chi connectivity index (χ4v) is 4.06. The normalized spacial score (nSPS) is 13.4. The second-order valence-corrected chi connectivity index (χ2v) is 8.73.